The SMILES string of the molecule is CCCOc1nc(NCCc2cnn(C)c2)ccc1N. The molecular weight excluding hydrogens is 254 g/mol. The van der Waals surface area contributed by atoms with E-state index >= 15 is 0 Å². The van der Waals surface area contributed by atoms with Gasteiger partial charge in [0.1, 0.15) is 5.82 Å². The van der Waals surface area contributed by atoms with Crippen molar-refractivity contribution in [2.24, 2.45) is 7.05 Å². The van der Waals surface area contributed by atoms with E-state index in [1.807, 2.05) is 38.5 Å². The number of hydrogen-bond acceptors (Lipinski definition) is 5. The van der Waals surface area contributed by atoms with Crippen molar-refractivity contribution in [3.05, 3.63) is 30.1 Å². The van der Waals surface area contributed by atoms with Crippen LogP contribution in [-0.2, 0) is 13.5 Å². The van der Waals surface area contributed by atoms with Crippen LogP contribution < -0.4 is 15.8 Å². The molecule has 0 saturated heterocycles. The van der Waals surface area contributed by atoms with Gasteiger partial charge < -0.3 is 15.8 Å². The summed E-state index contributed by atoms with van der Waals surface area (Å²) >= 11 is 0. The average Bonchev–Trinajstić information content (AvgIpc) is 2.85. The molecule has 0 radical (unpaired) electrons. The van der Waals surface area contributed by atoms with Crippen molar-refractivity contribution in [2.45, 2.75) is 19.8 Å². The van der Waals surface area contributed by atoms with Crippen LogP contribution in [0.2, 0.25) is 0 Å². The number of anilines is 2. The molecule has 0 amide bonds. The van der Waals surface area contributed by atoms with Crippen molar-refractivity contribution >= 4 is 11.5 Å². The van der Waals surface area contributed by atoms with Gasteiger partial charge in [-0.3, -0.25) is 4.68 Å². The van der Waals surface area contributed by atoms with E-state index in [0.29, 0.717) is 18.2 Å². The number of aryl methyl sites for hydroxylation is 1. The van der Waals surface area contributed by atoms with Gasteiger partial charge in [0.15, 0.2) is 0 Å². The number of nitrogens with one attached hydrogen (secondary N) is 1. The monoisotopic (exact) mass is 275 g/mol. The fourth-order valence-electron chi connectivity index (χ4n) is 1.80. The topological polar surface area (TPSA) is 78.0 Å². The molecule has 3 N–H and O–H groups in total. The first kappa shape index (κ1) is 14.2. The standard InChI is InChI=1S/C14H21N5O/c1-3-8-20-14-12(15)4-5-13(18-14)16-7-6-11-9-17-19(2)10-11/h4-5,9-10H,3,6-8,15H2,1-2H3,(H,16,18). The zero-order chi connectivity index (χ0) is 14.4. The normalized spacial score (nSPS) is 10.5. The summed E-state index contributed by atoms with van der Waals surface area (Å²) in [6.45, 7) is 3.46. The minimum absolute atomic E-state index is 0.498. The Morgan fingerprint density at radius 3 is 2.95 bits per heavy atom. The maximum atomic E-state index is 5.83. The fraction of sp³-hybridized carbons (Fsp3) is 0.429. The first-order valence-electron chi connectivity index (χ1n) is 6.79. The fourth-order valence-corrected chi connectivity index (χ4v) is 1.80. The van der Waals surface area contributed by atoms with Crippen LogP contribution in [0.25, 0.3) is 0 Å². The highest BCUT2D eigenvalue weighted by Crippen LogP contribution is 2.20. The molecule has 2 aromatic rings. The summed E-state index contributed by atoms with van der Waals surface area (Å²) in [5.74, 6) is 1.27. The number of nitrogen functional groups attached to an aromatic ring is 1. The Labute approximate surface area is 119 Å². The van der Waals surface area contributed by atoms with Gasteiger partial charge in [0, 0.05) is 19.8 Å². The molecule has 2 aromatic heterocycles. The van der Waals surface area contributed by atoms with Gasteiger partial charge in [0.05, 0.1) is 18.5 Å². The first-order chi connectivity index (χ1) is 9.69. The van der Waals surface area contributed by atoms with Crippen molar-refractivity contribution in [3.63, 3.8) is 0 Å². The minimum Gasteiger partial charge on any atom is -0.476 e. The Bertz CT molecular complexity index is 552. The summed E-state index contributed by atoms with van der Waals surface area (Å²) in [6, 6.07) is 3.67. The number of aromatic nitrogens is 3. The lowest BCUT2D eigenvalue weighted by Crippen LogP contribution is -2.08. The molecule has 0 saturated carbocycles. The third-order valence-corrected chi connectivity index (χ3v) is 2.81. The number of rotatable bonds is 7. The largest absolute Gasteiger partial charge is 0.476 e. The second-order valence-corrected chi connectivity index (χ2v) is 4.64. The lowest BCUT2D eigenvalue weighted by Gasteiger charge is -2.10. The minimum atomic E-state index is 0.498. The van der Waals surface area contributed by atoms with Gasteiger partial charge in [-0.25, -0.2) is 0 Å². The molecule has 108 valence electrons. The second kappa shape index (κ2) is 6.79. The van der Waals surface area contributed by atoms with Crippen molar-refractivity contribution in [3.8, 4) is 5.88 Å². The van der Waals surface area contributed by atoms with Crippen LogP contribution in [0, 0.1) is 0 Å². The van der Waals surface area contributed by atoms with Crippen LogP contribution in [0.1, 0.15) is 18.9 Å². The second-order valence-electron chi connectivity index (χ2n) is 4.64. The molecule has 20 heavy (non-hydrogen) atoms. The molecule has 0 aromatic carbocycles. The van der Waals surface area contributed by atoms with Gasteiger partial charge in [0.25, 0.3) is 0 Å². The van der Waals surface area contributed by atoms with Gasteiger partial charge in [-0.1, -0.05) is 6.92 Å². The number of hydrogen-bond donors (Lipinski definition) is 2. The van der Waals surface area contributed by atoms with E-state index in [0.717, 1.165) is 25.2 Å². The molecule has 6 heteroatoms. The van der Waals surface area contributed by atoms with Gasteiger partial charge in [0.2, 0.25) is 5.88 Å². The van der Waals surface area contributed by atoms with E-state index in [1.54, 1.807) is 4.68 Å². The van der Waals surface area contributed by atoms with Gasteiger partial charge in [-0.2, -0.15) is 10.1 Å². The molecule has 0 fully saturated rings. The van der Waals surface area contributed by atoms with E-state index < -0.39 is 0 Å². The third kappa shape index (κ3) is 3.88. The molecule has 0 bridgehead atoms. The van der Waals surface area contributed by atoms with E-state index in [2.05, 4.69) is 15.4 Å². The molecular formula is C14H21N5O. The Kier molecular flexibility index (Phi) is 4.81. The molecule has 0 atom stereocenters. The van der Waals surface area contributed by atoms with E-state index in [4.69, 9.17) is 10.5 Å². The number of nitrogens with two attached hydrogens (primary N) is 1. The van der Waals surface area contributed by atoms with E-state index in [9.17, 15) is 0 Å². The van der Waals surface area contributed by atoms with Crippen molar-refractivity contribution in [1.29, 1.82) is 0 Å². The van der Waals surface area contributed by atoms with Gasteiger partial charge >= 0.3 is 0 Å². The Balaban J connectivity index is 1.89. The lowest BCUT2D eigenvalue weighted by molar-refractivity contribution is 0.307. The summed E-state index contributed by atoms with van der Waals surface area (Å²) in [7, 11) is 1.91. The van der Waals surface area contributed by atoms with Crippen LogP contribution in [0.4, 0.5) is 11.5 Å². The summed E-state index contributed by atoms with van der Waals surface area (Å²) in [4.78, 5) is 4.37. The van der Waals surface area contributed by atoms with E-state index in [1.165, 1.54) is 5.56 Å². The quantitative estimate of drug-likeness (QED) is 0.806. The number of ether oxygens (including phenoxy) is 1. The van der Waals surface area contributed by atoms with Gasteiger partial charge in [-0.05, 0) is 30.5 Å². The highest BCUT2D eigenvalue weighted by atomic mass is 16.5. The zero-order valence-electron chi connectivity index (χ0n) is 12.0. The highest BCUT2D eigenvalue weighted by molar-refractivity contribution is 5.53. The molecule has 0 unspecified atom stereocenters. The maximum absolute atomic E-state index is 5.83. The molecule has 0 aliphatic heterocycles. The Morgan fingerprint density at radius 2 is 2.25 bits per heavy atom. The molecule has 6 nitrogen and oxygen atoms in total. The maximum Gasteiger partial charge on any atom is 0.239 e. The predicted molar refractivity (Wildman–Crippen MR) is 79.8 cm³/mol. The van der Waals surface area contributed by atoms with E-state index in [-0.39, 0.29) is 0 Å². The number of pyridine rings is 1. The Hall–Kier alpha value is -2.24. The molecule has 2 rings (SSSR count). The summed E-state index contributed by atoms with van der Waals surface area (Å²) in [6.07, 6.45) is 5.70. The van der Waals surface area contributed by atoms with Crippen LogP contribution >= 0.6 is 0 Å². The van der Waals surface area contributed by atoms with Crippen LogP contribution in [0.15, 0.2) is 24.5 Å². The summed E-state index contributed by atoms with van der Waals surface area (Å²) in [5, 5.41) is 7.40. The van der Waals surface area contributed by atoms with Crippen LogP contribution in [-0.4, -0.2) is 27.9 Å². The van der Waals surface area contributed by atoms with Crippen LogP contribution in [0.5, 0.6) is 5.88 Å². The zero-order valence-corrected chi connectivity index (χ0v) is 12.0. The van der Waals surface area contributed by atoms with Crippen molar-refractivity contribution in [2.75, 3.05) is 24.2 Å². The average molecular weight is 275 g/mol. The predicted octanol–water partition coefficient (Wildman–Crippen LogP) is 1.84. The third-order valence-electron chi connectivity index (χ3n) is 2.81. The summed E-state index contributed by atoms with van der Waals surface area (Å²) in [5.41, 5.74) is 7.58. The van der Waals surface area contributed by atoms with Crippen LogP contribution in [0.3, 0.4) is 0 Å². The molecule has 2 heterocycles. The van der Waals surface area contributed by atoms with Crippen molar-refractivity contribution < 1.29 is 4.74 Å². The first-order valence-corrected chi connectivity index (χ1v) is 6.79. The number of nitrogens with zero attached hydrogens (tertiary/aromatic N) is 3. The lowest BCUT2D eigenvalue weighted by atomic mass is 10.2. The Morgan fingerprint density at radius 1 is 1.40 bits per heavy atom. The smallest absolute Gasteiger partial charge is 0.239 e. The van der Waals surface area contributed by atoms with Gasteiger partial charge in [-0.15, -0.1) is 0 Å². The highest BCUT2D eigenvalue weighted by Gasteiger charge is 2.04. The molecule has 0 spiro atoms. The molecule has 0 aliphatic carbocycles. The molecule has 0 aliphatic rings. The summed E-state index contributed by atoms with van der Waals surface area (Å²) < 4.78 is 7.30. The van der Waals surface area contributed by atoms with Crippen molar-refractivity contribution in [1.82, 2.24) is 14.8 Å².